The average Bonchev–Trinajstić information content (AvgIpc) is 2.36. The van der Waals surface area contributed by atoms with Crippen LogP contribution in [0.15, 0.2) is 6.07 Å². The summed E-state index contributed by atoms with van der Waals surface area (Å²) in [4.78, 5) is 8.72. The molecule has 4 nitrogen and oxygen atoms in total. The molecule has 1 fully saturated rings. The molecule has 0 unspecified atom stereocenters. The van der Waals surface area contributed by atoms with Gasteiger partial charge in [-0.2, -0.15) is 0 Å². The number of hydrogen-bond donors (Lipinski definition) is 1. The van der Waals surface area contributed by atoms with Crippen molar-refractivity contribution in [2.45, 2.75) is 12.8 Å². The fraction of sp³-hybridized carbons (Fsp3) is 0.615. The van der Waals surface area contributed by atoms with Crippen LogP contribution in [-0.4, -0.2) is 43.6 Å². The number of piperidine rings is 1. The second-order valence-corrected chi connectivity index (χ2v) is 6.10. The van der Waals surface area contributed by atoms with Crippen molar-refractivity contribution < 1.29 is 0 Å². The first-order valence-electron chi connectivity index (χ1n) is 6.48. The maximum absolute atomic E-state index is 6.18. The maximum Gasteiger partial charge on any atom is 0.149 e. The molecule has 1 aromatic rings. The number of nitrogens with zero attached hydrogens (tertiary/aromatic N) is 3. The zero-order chi connectivity index (χ0) is 14.0. The Bertz CT molecular complexity index is 445. The van der Waals surface area contributed by atoms with Crippen LogP contribution in [0.5, 0.6) is 0 Å². The van der Waals surface area contributed by atoms with Crippen LogP contribution in [0.1, 0.15) is 12.8 Å². The SMILES string of the molecule is CN1CCC(CN(C)c2nc(N)c(Cl)cc2Cl)CC1. The highest BCUT2D eigenvalue weighted by Gasteiger charge is 2.20. The van der Waals surface area contributed by atoms with E-state index in [-0.39, 0.29) is 0 Å². The van der Waals surface area contributed by atoms with Gasteiger partial charge in [-0.1, -0.05) is 23.2 Å². The van der Waals surface area contributed by atoms with Crippen molar-refractivity contribution >= 4 is 34.8 Å². The van der Waals surface area contributed by atoms with E-state index in [4.69, 9.17) is 28.9 Å². The molecule has 19 heavy (non-hydrogen) atoms. The molecular formula is C13H20Cl2N4. The Morgan fingerprint density at radius 2 is 2.00 bits per heavy atom. The van der Waals surface area contributed by atoms with Gasteiger partial charge in [0.1, 0.15) is 11.6 Å². The van der Waals surface area contributed by atoms with Crippen LogP contribution < -0.4 is 10.6 Å². The van der Waals surface area contributed by atoms with Crippen molar-refractivity contribution in [3.05, 3.63) is 16.1 Å². The smallest absolute Gasteiger partial charge is 0.149 e. The quantitative estimate of drug-likeness (QED) is 0.932. The van der Waals surface area contributed by atoms with Crippen LogP contribution in [0.4, 0.5) is 11.6 Å². The van der Waals surface area contributed by atoms with Crippen LogP contribution >= 0.6 is 23.2 Å². The topological polar surface area (TPSA) is 45.4 Å². The van der Waals surface area contributed by atoms with Crippen molar-refractivity contribution in [1.82, 2.24) is 9.88 Å². The van der Waals surface area contributed by atoms with Gasteiger partial charge in [0.15, 0.2) is 0 Å². The molecule has 1 aliphatic heterocycles. The normalized spacial score (nSPS) is 17.7. The summed E-state index contributed by atoms with van der Waals surface area (Å²) < 4.78 is 0. The van der Waals surface area contributed by atoms with Crippen LogP contribution in [0.2, 0.25) is 10.0 Å². The summed E-state index contributed by atoms with van der Waals surface area (Å²) in [7, 11) is 4.16. The third kappa shape index (κ3) is 3.65. The van der Waals surface area contributed by atoms with Gasteiger partial charge in [-0.25, -0.2) is 4.98 Å². The second-order valence-electron chi connectivity index (χ2n) is 5.29. The first-order chi connectivity index (χ1) is 8.97. The van der Waals surface area contributed by atoms with Crippen LogP contribution in [0.3, 0.4) is 0 Å². The number of nitrogens with two attached hydrogens (primary N) is 1. The predicted octanol–water partition coefficient (Wildman–Crippen LogP) is 2.75. The summed E-state index contributed by atoms with van der Waals surface area (Å²) in [5, 5.41) is 0.955. The highest BCUT2D eigenvalue weighted by Crippen LogP contribution is 2.30. The van der Waals surface area contributed by atoms with E-state index in [1.807, 2.05) is 7.05 Å². The van der Waals surface area contributed by atoms with Gasteiger partial charge in [-0.05, 0) is 45.0 Å². The van der Waals surface area contributed by atoms with E-state index in [2.05, 4.69) is 21.8 Å². The predicted molar refractivity (Wildman–Crippen MR) is 82.2 cm³/mol. The number of rotatable bonds is 3. The van der Waals surface area contributed by atoms with E-state index in [1.54, 1.807) is 6.07 Å². The summed E-state index contributed by atoms with van der Waals surface area (Å²) in [6.07, 6.45) is 2.42. The molecular weight excluding hydrogens is 283 g/mol. The summed E-state index contributed by atoms with van der Waals surface area (Å²) in [6, 6.07) is 1.66. The standard InChI is InChI=1S/C13H20Cl2N4/c1-18-5-3-9(4-6-18)8-19(2)13-11(15)7-10(14)12(16)17-13/h7,9H,3-6,8H2,1-2H3,(H2,16,17). The van der Waals surface area contributed by atoms with Gasteiger partial charge in [0.05, 0.1) is 10.0 Å². The van der Waals surface area contributed by atoms with Crippen LogP contribution in [0, 0.1) is 5.92 Å². The lowest BCUT2D eigenvalue weighted by molar-refractivity contribution is 0.222. The molecule has 1 saturated heterocycles. The van der Waals surface area contributed by atoms with Crippen molar-refractivity contribution in [3.8, 4) is 0 Å². The van der Waals surface area contributed by atoms with Crippen molar-refractivity contribution in [1.29, 1.82) is 0 Å². The zero-order valence-corrected chi connectivity index (χ0v) is 12.9. The number of nitrogen functional groups attached to an aromatic ring is 1. The Morgan fingerprint density at radius 1 is 1.37 bits per heavy atom. The van der Waals surface area contributed by atoms with Crippen LogP contribution in [-0.2, 0) is 0 Å². The highest BCUT2D eigenvalue weighted by atomic mass is 35.5. The van der Waals surface area contributed by atoms with Crippen molar-refractivity contribution in [3.63, 3.8) is 0 Å². The Morgan fingerprint density at radius 3 is 2.63 bits per heavy atom. The fourth-order valence-corrected chi connectivity index (χ4v) is 2.96. The van der Waals surface area contributed by atoms with Gasteiger partial charge in [0.2, 0.25) is 0 Å². The molecule has 0 saturated carbocycles. The van der Waals surface area contributed by atoms with E-state index in [1.165, 1.54) is 12.8 Å². The lowest BCUT2D eigenvalue weighted by Gasteiger charge is -2.32. The lowest BCUT2D eigenvalue weighted by atomic mass is 9.97. The van der Waals surface area contributed by atoms with E-state index < -0.39 is 0 Å². The number of halogens is 2. The summed E-state index contributed by atoms with van der Waals surface area (Å²) in [6.45, 7) is 3.26. The monoisotopic (exact) mass is 302 g/mol. The number of pyridine rings is 1. The number of hydrogen-bond acceptors (Lipinski definition) is 4. The molecule has 0 aromatic carbocycles. The number of anilines is 2. The Hall–Kier alpha value is -0.710. The van der Waals surface area contributed by atoms with E-state index in [9.17, 15) is 0 Å². The molecule has 0 amide bonds. The first-order valence-corrected chi connectivity index (χ1v) is 7.24. The van der Waals surface area contributed by atoms with E-state index in [0.29, 0.717) is 27.6 Å². The third-order valence-corrected chi connectivity index (χ3v) is 4.25. The Balaban J connectivity index is 2.03. The molecule has 0 radical (unpaired) electrons. The van der Waals surface area contributed by atoms with Gasteiger partial charge in [0.25, 0.3) is 0 Å². The largest absolute Gasteiger partial charge is 0.382 e. The molecule has 2 rings (SSSR count). The van der Waals surface area contributed by atoms with E-state index >= 15 is 0 Å². The minimum Gasteiger partial charge on any atom is -0.382 e. The number of likely N-dealkylation sites (tertiary alicyclic amines) is 1. The summed E-state index contributed by atoms with van der Waals surface area (Å²) in [5.41, 5.74) is 5.74. The van der Waals surface area contributed by atoms with Gasteiger partial charge in [0, 0.05) is 13.6 Å². The van der Waals surface area contributed by atoms with Crippen molar-refractivity contribution in [2.75, 3.05) is 44.4 Å². The minimum absolute atomic E-state index is 0.330. The van der Waals surface area contributed by atoms with Gasteiger partial charge in [-0.15, -0.1) is 0 Å². The molecule has 6 heteroatoms. The van der Waals surface area contributed by atoms with Gasteiger partial charge >= 0.3 is 0 Å². The summed E-state index contributed by atoms with van der Waals surface area (Å²) >= 11 is 12.1. The Labute approximate surface area is 124 Å². The van der Waals surface area contributed by atoms with Gasteiger partial charge in [-0.3, -0.25) is 0 Å². The Kier molecular flexibility index (Phi) is 4.76. The molecule has 0 bridgehead atoms. The molecule has 0 aliphatic carbocycles. The molecule has 1 aliphatic rings. The zero-order valence-electron chi connectivity index (χ0n) is 11.4. The second kappa shape index (κ2) is 6.16. The van der Waals surface area contributed by atoms with E-state index in [0.717, 1.165) is 19.6 Å². The fourth-order valence-electron chi connectivity index (χ4n) is 2.46. The molecule has 106 valence electrons. The third-order valence-electron chi connectivity index (χ3n) is 3.67. The van der Waals surface area contributed by atoms with Gasteiger partial charge < -0.3 is 15.5 Å². The lowest BCUT2D eigenvalue weighted by Crippen LogP contribution is -2.36. The first kappa shape index (κ1) is 14.7. The molecule has 0 spiro atoms. The summed E-state index contributed by atoms with van der Waals surface area (Å²) in [5.74, 6) is 1.72. The highest BCUT2D eigenvalue weighted by molar-refractivity contribution is 6.37. The number of aromatic nitrogens is 1. The van der Waals surface area contributed by atoms with Crippen molar-refractivity contribution in [2.24, 2.45) is 5.92 Å². The molecule has 2 N–H and O–H groups in total. The molecule has 1 aromatic heterocycles. The maximum atomic E-state index is 6.18. The molecule has 0 atom stereocenters. The average molecular weight is 303 g/mol. The van der Waals surface area contributed by atoms with Crippen LogP contribution in [0.25, 0.3) is 0 Å². The minimum atomic E-state index is 0.330. The molecule has 2 heterocycles.